The Morgan fingerprint density at radius 1 is 1.22 bits per heavy atom. The van der Waals surface area contributed by atoms with Gasteiger partial charge in [0.2, 0.25) is 0 Å². The zero-order valence-electron chi connectivity index (χ0n) is 20.6. The van der Waals surface area contributed by atoms with Gasteiger partial charge in [-0.25, -0.2) is 0 Å². The van der Waals surface area contributed by atoms with Crippen LogP contribution < -0.4 is 0 Å². The second kappa shape index (κ2) is 11.0. The lowest BCUT2D eigenvalue weighted by molar-refractivity contribution is -0.355. The molecular formula is C24H45NO6S. The van der Waals surface area contributed by atoms with Crippen LogP contribution in [0.25, 0.3) is 0 Å². The van der Waals surface area contributed by atoms with Crippen LogP contribution in [0.15, 0.2) is 0 Å². The quantitative estimate of drug-likeness (QED) is 0.245. The summed E-state index contributed by atoms with van der Waals surface area (Å²) in [6.07, 6.45) is 1.38. The van der Waals surface area contributed by atoms with Crippen molar-refractivity contribution < 1.29 is 29.9 Å². The molecule has 2 fully saturated rings. The number of aliphatic hydroxyl groups excluding tert-OH is 3. The van der Waals surface area contributed by atoms with Crippen molar-refractivity contribution in [3.8, 4) is 0 Å². The van der Waals surface area contributed by atoms with E-state index in [0.717, 1.165) is 25.0 Å². The third-order valence-corrected chi connectivity index (χ3v) is 8.26. The number of ether oxygens (including phenoxy) is 2. The molecule has 1 saturated heterocycles. The lowest BCUT2D eigenvalue weighted by atomic mass is 9.69. The summed E-state index contributed by atoms with van der Waals surface area (Å²) in [7, 11) is 0. The highest BCUT2D eigenvalue weighted by Crippen LogP contribution is 2.56. The van der Waals surface area contributed by atoms with Gasteiger partial charge in [-0.1, -0.05) is 48.0 Å². The van der Waals surface area contributed by atoms with E-state index in [0.29, 0.717) is 31.3 Å². The van der Waals surface area contributed by atoms with Gasteiger partial charge in [-0.15, -0.1) is 11.8 Å². The number of thioether (sulfide) groups is 1. The summed E-state index contributed by atoms with van der Waals surface area (Å²) < 4.78 is 11.3. The minimum Gasteiger partial charge on any atom is -0.396 e. The van der Waals surface area contributed by atoms with Crippen molar-refractivity contribution in [2.75, 3.05) is 25.6 Å². The number of hydrogen-bond acceptors (Lipinski definition) is 8. The van der Waals surface area contributed by atoms with Gasteiger partial charge in [0.25, 0.3) is 0 Å². The summed E-state index contributed by atoms with van der Waals surface area (Å²) >= 11 is 1.56. The first kappa shape index (κ1) is 28.0. The number of hydrogen-bond donors (Lipinski definition) is 5. The van der Waals surface area contributed by atoms with Crippen LogP contribution in [0.4, 0.5) is 0 Å². The molecule has 7 nitrogen and oxygen atoms in total. The fourth-order valence-electron chi connectivity index (χ4n) is 5.35. The minimum absolute atomic E-state index is 0.0129. The summed E-state index contributed by atoms with van der Waals surface area (Å²) in [5, 5.41) is 48.8. The van der Waals surface area contributed by atoms with Crippen LogP contribution in [0.5, 0.6) is 0 Å². The van der Waals surface area contributed by atoms with Gasteiger partial charge in [0.15, 0.2) is 5.79 Å². The summed E-state index contributed by atoms with van der Waals surface area (Å²) in [6.45, 7) is 13.8. The van der Waals surface area contributed by atoms with Crippen molar-refractivity contribution in [3.05, 3.63) is 0 Å². The van der Waals surface area contributed by atoms with Crippen LogP contribution in [0.2, 0.25) is 0 Å². The fraction of sp³-hybridized carbons (Fsp3) is 0.958. The van der Waals surface area contributed by atoms with E-state index in [1.54, 1.807) is 11.8 Å². The first-order valence-electron chi connectivity index (χ1n) is 11.9. The van der Waals surface area contributed by atoms with Gasteiger partial charge in [-0.05, 0) is 41.8 Å². The van der Waals surface area contributed by atoms with E-state index in [-0.39, 0.29) is 16.3 Å². The zero-order valence-corrected chi connectivity index (χ0v) is 21.5. The van der Waals surface area contributed by atoms with Gasteiger partial charge in [-0.2, -0.15) is 0 Å². The monoisotopic (exact) mass is 475 g/mol. The molecule has 188 valence electrons. The Labute approximate surface area is 197 Å². The molecule has 0 bridgehead atoms. The predicted molar refractivity (Wildman–Crippen MR) is 128 cm³/mol. The molecule has 0 aromatic heterocycles. The summed E-state index contributed by atoms with van der Waals surface area (Å²) in [4.78, 5) is 0. The molecule has 0 amide bonds. The molecular weight excluding hydrogens is 430 g/mol. The van der Waals surface area contributed by atoms with Crippen molar-refractivity contribution in [3.63, 3.8) is 0 Å². The van der Waals surface area contributed by atoms with Crippen molar-refractivity contribution in [2.24, 2.45) is 28.6 Å². The average Bonchev–Trinajstić information content (AvgIpc) is 2.79. The Balaban J connectivity index is 1.83. The highest BCUT2D eigenvalue weighted by molar-refractivity contribution is 7.99. The maximum absolute atomic E-state index is 10.6. The normalized spacial score (nSPS) is 34.3. The van der Waals surface area contributed by atoms with Crippen LogP contribution >= 0.6 is 11.8 Å². The van der Waals surface area contributed by atoms with Crippen LogP contribution in [0.1, 0.15) is 67.2 Å². The smallest absolute Gasteiger partial charge is 0.183 e. The van der Waals surface area contributed by atoms with Gasteiger partial charge in [-0.3, -0.25) is 0 Å². The van der Waals surface area contributed by atoms with Crippen molar-refractivity contribution in [2.45, 2.75) is 90.7 Å². The maximum atomic E-state index is 10.6. The van der Waals surface area contributed by atoms with E-state index in [1.807, 2.05) is 0 Å². The van der Waals surface area contributed by atoms with E-state index >= 15 is 0 Å². The van der Waals surface area contributed by atoms with Crippen LogP contribution in [-0.4, -0.2) is 75.1 Å². The first-order chi connectivity index (χ1) is 14.8. The third kappa shape index (κ3) is 6.46. The lowest BCUT2D eigenvalue weighted by Gasteiger charge is -2.49. The molecule has 32 heavy (non-hydrogen) atoms. The maximum Gasteiger partial charge on any atom is 0.183 e. The Morgan fingerprint density at radius 2 is 1.88 bits per heavy atom. The molecule has 8 heteroatoms. The standard InChI is InChI=1S/C24H45NO6S/c1-7-23(6,14-22(4,5)10-16(25)13-30-12-15(2)3)8-9-32-21-18-20(28)19(27)17(11-26)24(18,29)31-21/h15,17-21,25-29H,7-14H2,1-6H3. The van der Waals surface area contributed by atoms with Crippen molar-refractivity contribution in [1.29, 1.82) is 5.41 Å². The molecule has 0 spiro atoms. The lowest BCUT2D eigenvalue weighted by Crippen LogP contribution is -2.61. The van der Waals surface area contributed by atoms with E-state index in [1.165, 1.54) is 0 Å². The van der Waals surface area contributed by atoms with Crippen molar-refractivity contribution >= 4 is 17.5 Å². The third-order valence-electron chi connectivity index (χ3n) is 7.10. The molecule has 7 atom stereocenters. The van der Waals surface area contributed by atoms with Gasteiger partial charge in [0, 0.05) is 12.3 Å². The molecule has 1 saturated carbocycles. The molecule has 1 aliphatic heterocycles. The first-order valence-corrected chi connectivity index (χ1v) is 13.0. The zero-order chi connectivity index (χ0) is 24.3. The molecule has 0 aromatic carbocycles. The summed E-state index contributed by atoms with van der Waals surface area (Å²) in [5.74, 6) is -1.83. The SMILES string of the molecule is CCC(C)(CCSC1OC2(O)C(CO)C(O)C(O)C12)CC(C)(C)CC(=N)COCC(C)C. The molecule has 0 radical (unpaired) electrons. The molecule has 2 aliphatic rings. The predicted octanol–water partition coefficient (Wildman–Crippen LogP) is 3.03. The number of nitrogens with one attached hydrogen (secondary N) is 1. The Morgan fingerprint density at radius 3 is 2.44 bits per heavy atom. The Hall–Kier alpha value is -0.220. The van der Waals surface area contributed by atoms with Crippen LogP contribution in [0, 0.1) is 34.0 Å². The summed E-state index contributed by atoms with van der Waals surface area (Å²) in [6, 6.07) is 0. The van der Waals surface area contributed by atoms with Gasteiger partial charge >= 0.3 is 0 Å². The van der Waals surface area contributed by atoms with Gasteiger partial charge < -0.3 is 35.3 Å². The van der Waals surface area contributed by atoms with E-state index in [4.69, 9.17) is 14.9 Å². The fourth-order valence-corrected chi connectivity index (χ4v) is 6.98. The molecule has 1 heterocycles. The van der Waals surface area contributed by atoms with E-state index < -0.39 is 36.4 Å². The molecule has 7 unspecified atom stereocenters. The van der Waals surface area contributed by atoms with Crippen molar-refractivity contribution in [1.82, 2.24) is 0 Å². The largest absolute Gasteiger partial charge is 0.396 e. The van der Waals surface area contributed by atoms with Crippen LogP contribution in [0.3, 0.4) is 0 Å². The topological polar surface area (TPSA) is 123 Å². The van der Waals surface area contributed by atoms with Gasteiger partial charge in [0.1, 0.15) is 5.44 Å². The molecule has 0 aromatic rings. The minimum atomic E-state index is -1.64. The number of rotatable bonds is 14. The second-order valence-electron chi connectivity index (χ2n) is 11.3. The highest BCUT2D eigenvalue weighted by atomic mass is 32.2. The Bertz CT molecular complexity index is 632. The average molecular weight is 476 g/mol. The molecule has 1 aliphatic carbocycles. The Kier molecular flexibility index (Phi) is 9.65. The van der Waals surface area contributed by atoms with Gasteiger partial charge in [0.05, 0.1) is 37.3 Å². The highest BCUT2D eigenvalue weighted by Gasteiger charge is 2.70. The van der Waals surface area contributed by atoms with Crippen LogP contribution in [-0.2, 0) is 9.47 Å². The van der Waals surface area contributed by atoms with E-state index in [2.05, 4.69) is 41.5 Å². The summed E-state index contributed by atoms with van der Waals surface area (Å²) in [5.41, 5.74) is 0.331. The number of fused-ring (bicyclic) bond motifs is 1. The number of aliphatic hydroxyl groups is 4. The van der Waals surface area contributed by atoms with E-state index in [9.17, 15) is 20.4 Å². The molecule has 5 N–H and O–H groups in total. The molecule has 2 rings (SSSR count). The second-order valence-corrected chi connectivity index (χ2v) is 12.6.